The molecule has 1 aliphatic heterocycles. The fraction of sp³-hybridized carbons (Fsp3) is 0.750. The Bertz CT molecular complexity index is 524. The van der Waals surface area contributed by atoms with E-state index in [9.17, 15) is 24.5 Å². The van der Waals surface area contributed by atoms with Gasteiger partial charge in [-0.1, -0.05) is 0 Å². The number of carbonyl (C=O) groups excluding carboxylic acids is 3. The topological polar surface area (TPSA) is 116 Å². The van der Waals surface area contributed by atoms with Crippen LogP contribution in [-0.4, -0.2) is 52.6 Å². The maximum atomic E-state index is 12.1. The van der Waals surface area contributed by atoms with Crippen LogP contribution in [0.2, 0.25) is 0 Å². The lowest BCUT2D eigenvalue weighted by atomic mass is 10.2. The first-order chi connectivity index (χ1) is 9.60. The van der Waals surface area contributed by atoms with Crippen molar-refractivity contribution in [1.29, 1.82) is 0 Å². The summed E-state index contributed by atoms with van der Waals surface area (Å²) in [6, 6.07) is -2.43. The molecule has 0 spiro atoms. The molecule has 2 fully saturated rings. The van der Waals surface area contributed by atoms with Crippen molar-refractivity contribution in [2.75, 3.05) is 7.11 Å². The number of nitrogens with zero attached hydrogens (tertiary/aromatic N) is 2. The second-order valence-corrected chi connectivity index (χ2v) is 6.04. The SMILES string of the molecule is COC(=O)[C@@H]1[C@H]2[C@@H](C(=O)N1C(=O)OC(C)(C)C)[C@@H]2[N+](=O)[O-]. The highest BCUT2D eigenvalue weighted by molar-refractivity contribution is 6.04. The molecule has 0 aromatic heterocycles. The Morgan fingerprint density at radius 3 is 2.33 bits per heavy atom. The molecule has 0 aromatic carbocycles. The molecule has 1 aliphatic carbocycles. The van der Waals surface area contributed by atoms with Gasteiger partial charge in [-0.15, -0.1) is 0 Å². The van der Waals surface area contributed by atoms with E-state index in [4.69, 9.17) is 4.74 Å². The molecule has 1 heterocycles. The van der Waals surface area contributed by atoms with Crippen molar-refractivity contribution in [3.8, 4) is 0 Å². The Kier molecular flexibility index (Phi) is 3.38. The zero-order valence-electron chi connectivity index (χ0n) is 12.1. The molecule has 9 nitrogen and oxygen atoms in total. The molecule has 2 amide bonds. The maximum Gasteiger partial charge on any atom is 0.417 e. The lowest BCUT2D eigenvalue weighted by molar-refractivity contribution is -0.501. The molecule has 2 rings (SSSR count). The van der Waals surface area contributed by atoms with E-state index >= 15 is 0 Å². The molecule has 1 saturated heterocycles. The lowest BCUT2D eigenvalue weighted by Gasteiger charge is -2.27. The summed E-state index contributed by atoms with van der Waals surface area (Å²) in [7, 11) is 1.09. The normalized spacial score (nSPS) is 30.7. The summed E-state index contributed by atoms with van der Waals surface area (Å²) in [6.07, 6.45) is -0.989. The minimum Gasteiger partial charge on any atom is -0.467 e. The minimum atomic E-state index is -1.29. The number of amides is 2. The number of methoxy groups -OCH3 is 1. The Hall–Kier alpha value is -2.19. The molecular weight excluding hydrogens is 284 g/mol. The van der Waals surface area contributed by atoms with Crippen LogP contribution >= 0.6 is 0 Å². The van der Waals surface area contributed by atoms with E-state index in [-0.39, 0.29) is 0 Å². The number of hydrogen-bond acceptors (Lipinski definition) is 7. The molecule has 0 aromatic rings. The average molecular weight is 300 g/mol. The van der Waals surface area contributed by atoms with Crippen LogP contribution < -0.4 is 0 Å². The summed E-state index contributed by atoms with van der Waals surface area (Å²) < 4.78 is 9.63. The number of rotatable bonds is 2. The van der Waals surface area contributed by atoms with Crippen molar-refractivity contribution < 1.29 is 28.8 Å². The molecule has 0 N–H and O–H groups in total. The number of likely N-dealkylation sites (tertiary alicyclic amines) is 1. The third-order valence-electron chi connectivity index (χ3n) is 3.48. The van der Waals surface area contributed by atoms with Crippen LogP contribution in [0.4, 0.5) is 4.79 Å². The van der Waals surface area contributed by atoms with Crippen molar-refractivity contribution in [2.45, 2.75) is 38.5 Å². The quantitative estimate of drug-likeness (QED) is 0.406. The molecule has 0 radical (unpaired) electrons. The zero-order chi connectivity index (χ0) is 16.1. The molecule has 4 atom stereocenters. The lowest BCUT2D eigenvalue weighted by Crippen LogP contribution is -2.50. The number of imide groups is 1. The second-order valence-electron chi connectivity index (χ2n) is 6.04. The first kappa shape index (κ1) is 15.2. The Morgan fingerprint density at radius 1 is 1.33 bits per heavy atom. The highest BCUT2D eigenvalue weighted by Gasteiger charge is 2.77. The molecule has 9 heteroatoms. The summed E-state index contributed by atoms with van der Waals surface area (Å²) in [5.74, 6) is -3.42. The van der Waals surface area contributed by atoms with Crippen LogP contribution in [0.5, 0.6) is 0 Å². The fourth-order valence-corrected chi connectivity index (χ4v) is 2.65. The first-order valence-electron chi connectivity index (χ1n) is 6.37. The van der Waals surface area contributed by atoms with Gasteiger partial charge in [0.1, 0.15) is 11.5 Å². The molecule has 1 saturated carbocycles. The molecular formula is C12H16N2O7. The van der Waals surface area contributed by atoms with E-state index in [0.717, 1.165) is 7.11 Å². The van der Waals surface area contributed by atoms with Crippen LogP contribution in [0.1, 0.15) is 20.8 Å². The highest BCUT2D eigenvalue weighted by Crippen LogP contribution is 2.52. The number of carbonyl (C=O) groups is 3. The average Bonchev–Trinajstić information content (AvgIpc) is 3.00. The Balaban J connectivity index is 2.26. The molecule has 0 unspecified atom stereocenters. The highest BCUT2D eigenvalue weighted by atomic mass is 16.6. The van der Waals surface area contributed by atoms with Gasteiger partial charge in [0, 0.05) is 4.92 Å². The summed E-state index contributed by atoms with van der Waals surface area (Å²) in [4.78, 5) is 46.9. The Labute approximate surface area is 120 Å². The van der Waals surface area contributed by atoms with E-state index in [1.807, 2.05) is 0 Å². The van der Waals surface area contributed by atoms with Crippen molar-refractivity contribution in [3.63, 3.8) is 0 Å². The largest absolute Gasteiger partial charge is 0.467 e. The van der Waals surface area contributed by atoms with Gasteiger partial charge in [0.05, 0.1) is 13.0 Å². The summed E-state index contributed by atoms with van der Waals surface area (Å²) in [6.45, 7) is 4.83. The Morgan fingerprint density at radius 2 is 1.90 bits per heavy atom. The minimum absolute atomic E-state index is 0.602. The monoisotopic (exact) mass is 300 g/mol. The van der Waals surface area contributed by atoms with Crippen LogP contribution in [0.3, 0.4) is 0 Å². The number of hydrogen-bond donors (Lipinski definition) is 0. The summed E-state index contributed by atoms with van der Waals surface area (Å²) >= 11 is 0. The van der Waals surface area contributed by atoms with Crippen LogP contribution in [-0.2, 0) is 19.1 Å². The van der Waals surface area contributed by atoms with Crippen molar-refractivity contribution >= 4 is 18.0 Å². The second kappa shape index (κ2) is 4.68. The van der Waals surface area contributed by atoms with Gasteiger partial charge in [-0.05, 0) is 20.8 Å². The first-order valence-corrected chi connectivity index (χ1v) is 6.37. The van der Waals surface area contributed by atoms with Crippen LogP contribution in [0.25, 0.3) is 0 Å². The van der Waals surface area contributed by atoms with E-state index in [1.165, 1.54) is 0 Å². The molecule has 2 aliphatic rings. The smallest absolute Gasteiger partial charge is 0.417 e. The van der Waals surface area contributed by atoms with Gasteiger partial charge >= 0.3 is 12.1 Å². The van der Waals surface area contributed by atoms with Crippen LogP contribution in [0, 0.1) is 22.0 Å². The zero-order valence-corrected chi connectivity index (χ0v) is 12.1. The van der Waals surface area contributed by atoms with Crippen molar-refractivity contribution in [3.05, 3.63) is 10.1 Å². The third kappa shape index (κ3) is 2.43. The van der Waals surface area contributed by atoms with Gasteiger partial charge < -0.3 is 9.47 Å². The van der Waals surface area contributed by atoms with Gasteiger partial charge in [-0.2, -0.15) is 0 Å². The third-order valence-corrected chi connectivity index (χ3v) is 3.48. The standard InChI is InChI=1S/C12H16N2O7/c1-12(2,3)21-11(17)13-8(10(16)20-4)5-6(9(13)15)7(5)14(18)19/h5-8H,1-4H3/t5-,6+,7+,8-/m0/s1. The van der Waals surface area contributed by atoms with Crippen LogP contribution in [0.15, 0.2) is 0 Å². The molecule has 21 heavy (non-hydrogen) atoms. The van der Waals surface area contributed by atoms with Gasteiger partial charge in [-0.3, -0.25) is 14.9 Å². The predicted molar refractivity (Wildman–Crippen MR) is 66.6 cm³/mol. The van der Waals surface area contributed by atoms with E-state index in [0.29, 0.717) is 4.90 Å². The fourth-order valence-electron chi connectivity index (χ4n) is 2.65. The van der Waals surface area contributed by atoms with Gasteiger partial charge in [-0.25, -0.2) is 14.5 Å². The van der Waals surface area contributed by atoms with E-state index in [1.54, 1.807) is 20.8 Å². The van der Waals surface area contributed by atoms with Crippen molar-refractivity contribution in [1.82, 2.24) is 4.90 Å². The van der Waals surface area contributed by atoms with Gasteiger partial charge in [0.15, 0.2) is 6.04 Å². The van der Waals surface area contributed by atoms with Gasteiger partial charge in [0.25, 0.3) is 0 Å². The van der Waals surface area contributed by atoms with E-state index in [2.05, 4.69) is 4.74 Å². The van der Waals surface area contributed by atoms with E-state index < -0.39 is 52.4 Å². The summed E-state index contributed by atoms with van der Waals surface area (Å²) in [5.41, 5.74) is -0.854. The molecule has 116 valence electrons. The number of fused-ring (bicyclic) bond motifs is 1. The number of esters is 1. The van der Waals surface area contributed by atoms with Gasteiger partial charge in [0.2, 0.25) is 11.9 Å². The number of nitro groups is 1. The number of piperidine rings is 1. The molecule has 0 bridgehead atoms. The van der Waals surface area contributed by atoms with Crippen molar-refractivity contribution in [2.24, 2.45) is 11.8 Å². The summed E-state index contributed by atoms with van der Waals surface area (Å²) in [5, 5.41) is 10.8. The number of ether oxygens (including phenoxy) is 2. The predicted octanol–water partition coefficient (Wildman–Crippen LogP) is 0.197. The maximum absolute atomic E-state index is 12.1.